The van der Waals surface area contributed by atoms with E-state index in [9.17, 15) is 0 Å². The summed E-state index contributed by atoms with van der Waals surface area (Å²) in [6, 6.07) is 121. The van der Waals surface area contributed by atoms with Crippen LogP contribution in [0.25, 0.3) is 22.3 Å². The SMILES string of the molecule is C.C.C.Clc1c(N2c3ccccc3C3(c4ccccc4-c4ccccc43)c3ccccc32)cccc1N1c2ccccc2C2(c3ccccc31)C1CC3CC(C1)CC2C3.Clc1cccc(N2c3ccccc3C3(c4ccccc42)C2CC4CC(C2)CC3C4)c1Cl.[I-].[K+].c1ccc2c(c1)Nc1ccccc1C21c2ccccc2-c2ccccc21. The van der Waals surface area contributed by atoms with Crippen molar-refractivity contribution >= 4 is 97.4 Å². The van der Waals surface area contributed by atoms with E-state index in [-0.39, 0.29) is 114 Å². The predicted molar refractivity (Wildman–Crippen MR) is 486 cm³/mol. The fraction of sp³-hybridized carbons (Fsp3) is 0.229. The first-order chi connectivity index (χ1) is 55.8. The topological polar surface area (TPSA) is 21.8 Å². The Kier molecular flexibility index (Phi) is 20.4. The Labute approximate surface area is 771 Å². The number of nitrogens with one attached hydrogen (secondary N) is 1. The standard InChI is InChI=1S/C53H41ClN2.C28H25Cl2N.C25H17N.3CH4.HI.K/c54-51-49(55-45-22-9-5-18-41(45)52(42-19-6-10-23-46(42)55)35-29-33-28-34(31-35)32-36(52)30-33)26-13-27-50(51)56-47-24-11-7-20-43(47)53(44-21-8-12-25-48(44)56)39-16-3-1-14-37(39)38-15-2-4-17-40(38)53;29-23-8-5-11-26(27(23)30)31-24-9-3-1-6-21(24)28(22-7-2-4-10-25(22)31)19-13-17-12-18(15-19)16-20(28)14-17;1-3-11-19-17(9-1)18-10-2-4-12-20(18)25(19)21-13-5-7-15-23(21)26-24-16-8-6-14-22(24)25;;;;;/h1-27,33-36H,28-32H2;1-11,17-20H,12-16H2;1-16,26H;3*1H4;1H;/q;;;;;;;+1/p-1. The van der Waals surface area contributed by atoms with Gasteiger partial charge in [-0.2, -0.15) is 0 Å². The van der Waals surface area contributed by atoms with Crippen LogP contribution in [0.2, 0.25) is 15.1 Å². The molecule has 1 N–H and O–H groups in total. The largest absolute Gasteiger partial charge is 1.00 e. The van der Waals surface area contributed by atoms with E-state index in [1.54, 1.807) is 0 Å². The third-order valence-electron chi connectivity index (χ3n) is 29.8. The molecule has 580 valence electrons. The Morgan fingerprint density at radius 3 is 0.763 bits per heavy atom. The Bertz CT molecular complexity index is 5960. The summed E-state index contributed by atoms with van der Waals surface area (Å²) in [5.41, 5.74) is 34.2. The van der Waals surface area contributed by atoms with E-state index in [0.717, 1.165) is 69.0 Å². The minimum Gasteiger partial charge on any atom is -1.00 e. The molecule has 8 bridgehead atoms. The van der Waals surface area contributed by atoms with Crippen LogP contribution in [0.3, 0.4) is 0 Å². The molecule has 14 aliphatic rings. The van der Waals surface area contributed by atoms with Gasteiger partial charge < -0.3 is 44.0 Å². The van der Waals surface area contributed by atoms with E-state index < -0.39 is 5.41 Å². The van der Waals surface area contributed by atoms with Gasteiger partial charge in [-0.25, -0.2) is 0 Å². The molecule has 0 saturated heterocycles. The van der Waals surface area contributed by atoms with Crippen LogP contribution in [0.5, 0.6) is 0 Å². The summed E-state index contributed by atoms with van der Waals surface area (Å²) >= 11 is 21.2. The van der Waals surface area contributed by atoms with Crippen molar-refractivity contribution < 1.29 is 75.4 Å². The van der Waals surface area contributed by atoms with Crippen LogP contribution in [-0.4, -0.2) is 0 Å². The molecule has 10 aliphatic carbocycles. The third kappa shape index (κ3) is 10.8. The molecule has 0 radical (unpaired) electrons. The number of fused-ring (bicyclic) bond motifs is 22. The number of para-hydroxylation sites is 8. The van der Waals surface area contributed by atoms with E-state index >= 15 is 0 Å². The van der Waals surface area contributed by atoms with Crippen molar-refractivity contribution in [3.8, 4) is 22.3 Å². The Hall–Kier alpha value is -8.48. The number of nitrogens with zero attached hydrogens (tertiary/aromatic N) is 3. The summed E-state index contributed by atoms with van der Waals surface area (Å²) in [7, 11) is 0. The van der Waals surface area contributed by atoms with Crippen LogP contribution in [0, 0.1) is 47.3 Å². The van der Waals surface area contributed by atoms with Crippen molar-refractivity contribution in [1.29, 1.82) is 0 Å². The van der Waals surface area contributed by atoms with Crippen LogP contribution in [0.15, 0.2) is 328 Å². The summed E-state index contributed by atoms with van der Waals surface area (Å²) in [5, 5.41) is 5.63. The molecule has 4 aliphatic heterocycles. The van der Waals surface area contributed by atoms with Crippen LogP contribution in [-0.2, 0) is 21.7 Å². The summed E-state index contributed by atoms with van der Waals surface area (Å²) in [6.07, 6.45) is 13.9. The molecule has 14 aromatic carbocycles. The van der Waals surface area contributed by atoms with Crippen LogP contribution >= 0.6 is 34.8 Å². The summed E-state index contributed by atoms with van der Waals surface area (Å²) in [5.74, 6) is 6.51. The van der Waals surface area contributed by atoms with E-state index in [0.29, 0.717) is 21.9 Å². The van der Waals surface area contributed by atoms with Gasteiger partial charge in [-0.15, -0.1) is 0 Å². The zero-order chi connectivity index (χ0) is 74.6. The van der Waals surface area contributed by atoms with Crippen molar-refractivity contribution in [2.75, 3.05) is 20.0 Å². The van der Waals surface area contributed by atoms with E-state index in [2.05, 4.69) is 335 Å². The molecule has 28 rings (SSSR count). The van der Waals surface area contributed by atoms with Gasteiger partial charge >= 0.3 is 51.4 Å². The fourth-order valence-corrected chi connectivity index (χ4v) is 27.2. The maximum Gasteiger partial charge on any atom is 1.00 e. The fourth-order valence-electron chi connectivity index (χ4n) is 26.5. The van der Waals surface area contributed by atoms with E-state index in [1.165, 1.54) is 187 Å². The van der Waals surface area contributed by atoms with Crippen molar-refractivity contribution in [3.05, 3.63) is 409 Å². The monoisotopic (exact) mass is 1730 g/mol. The average Bonchev–Trinajstić information content (AvgIpc) is 1.10. The average molecular weight is 1730 g/mol. The molecule has 4 nitrogen and oxygen atoms in total. The van der Waals surface area contributed by atoms with Gasteiger partial charge in [-0.3, -0.25) is 0 Å². The van der Waals surface area contributed by atoms with Crippen LogP contribution < -0.4 is 95.4 Å². The van der Waals surface area contributed by atoms with Crippen molar-refractivity contribution in [2.45, 2.75) is 108 Å². The predicted octanol–water partition coefficient (Wildman–Crippen LogP) is 24.6. The molecule has 14 aromatic rings. The van der Waals surface area contributed by atoms with Crippen molar-refractivity contribution in [2.24, 2.45) is 47.3 Å². The van der Waals surface area contributed by atoms with Gasteiger partial charge in [0.1, 0.15) is 0 Å². The van der Waals surface area contributed by atoms with Gasteiger partial charge in [-0.05, 0) is 273 Å². The first kappa shape index (κ1) is 79.3. The first-order valence-corrected chi connectivity index (χ1v) is 42.4. The molecule has 9 heteroatoms. The Balaban J connectivity index is 0.000000126. The maximum absolute atomic E-state index is 7.97. The number of hydrogen-bond acceptors (Lipinski definition) is 4. The zero-order valence-corrected chi connectivity index (χ0v) is 71.8. The molecule has 4 heterocycles. The van der Waals surface area contributed by atoms with Gasteiger partial charge in [-0.1, -0.05) is 312 Å². The number of hydrogen-bond donors (Lipinski definition) is 1. The summed E-state index contributed by atoms with van der Waals surface area (Å²) in [6.45, 7) is 0. The minimum atomic E-state index is -0.460. The van der Waals surface area contributed by atoms with Crippen LogP contribution in [0.1, 0.15) is 153 Å². The molecular formula is C109H95Cl3IKN4. The molecule has 0 aromatic heterocycles. The van der Waals surface area contributed by atoms with Crippen LogP contribution in [0.4, 0.5) is 62.6 Å². The Morgan fingerprint density at radius 1 is 0.229 bits per heavy atom. The van der Waals surface area contributed by atoms with E-state index in [1.807, 2.05) is 12.1 Å². The molecule has 0 unspecified atom stereocenters. The zero-order valence-electron chi connectivity index (χ0n) is 64.2. The van der Waals surface area contributed by atoms with E-state index in [4.69, 9.17) is 34.8 Å². The molecule has 8 saturated carbocycles. The molecule has 4 spiro atoms. The molecule has 118 heavy (non-hydrogen) atoms. The smallest absolute Gasteiger partial charge is 1.00 e. The van der Waals surface area contributed by atoms with Crippen molar-refractivity contribution in [1.82, 2.24) is 0 Å². The van der Waals surface area contributed by atoms with Crippen molar-refractivity contribution in [3.63, 3.8) is 0 Å². The molecule has 0 amide bonds. The maximum atomic E-state index is 7.97. The molecule has 8 fully saturated rings. The second-order valence-electron chi connectivity index (χ2n) is 34.5. The number of anilines is 11. The quantitative estimate of drug-likeness (QED) is 0.141. The van der Waals surface area contributed by atoms with Gasteiger partial charge in [0.15, 0.2) is 0 Å². The van der Waals surface area contributed by atoms with Gasteiger partial charge in [0.2, 0.25) is 0 Å². The van der Waals surface area contributed by atoms with Gasteiger partial charge in [0.05, 0.1) is 77.1 Å². The summed E-state index contributed by atoms with van der Waals surface area (Å²) in [4.78, 5) is 7.29. The van der Waals surface area contributed by atoms with Gasteiger partial charge in [0, 0.05) is 22.2 Å². The second-order valence-corrected chi connectivity index (χ2v) is 35.7. The number of benzene rings is 14. The first-order valence-electron chi connectivity index (χ1n) is 41.3. The molecular weight excluding hydrogens is 1640 g/mol. The van der Waals surface area contributed by atoms with Gasteiger partial charge in [0.25, 0.3) is 0 Å². The minimum absolute atomic E-state index is 0. The normalized spacial score (nSPS) is 22.0. The second kappa shape index (κ2) is 30.3. The number of halogens is 4. The Morgan fingerprint density at radius 2 is 0.449 bits per heavy atom. The number of rotatable bonds is 3. The third-order valence-corrected chi connectivity index (χ3v) is 31.0. The summed E-state index contributed by atoms with van der Waals surface area (Å²) < 4.78 is 0. The molecule has 0 atom stereocenters.